The molecule has 0 aromatic heterocycles. The monoisotopic (exact) mass is 398 g/mol. The number of quaternary nitrogens is 1. The summed E-state index contributed by atoms with van der Waals surface area (Å²) in [6, 6.07) is 14.5. The Morgan fingerprint density at radius 2 is 1.93 bits per heavy atom. The highest BCUT2D eigenvalue weighted by atomic mass is 16.6. The molecule has 2 aromatic rings. The molecule has 7 heteroatoms. The summed E-state index contributed by atoms with van der Waals surface area (Å²) < 4.78 is 5.21. The molecule has 29 heavy (non-hydrogen) atoms. The van der Waals surface area contributed by atoms with E-state index in [0.717, 1.165) is 32.4 Å². The molecule has 0 spiro atoms. The lowest BCUT2D eigenvalue weighted by Crippen LogP contribution is -3.17. The van der Waals surface area contributed by atoms with Crippen LogP contribution in [0.2, 0.25) is 0 Å². The van der Waals surface area contributed by atoms with Gasteiger partial charge in [-0.1, -0.05) is 30.3 Å². The lowest BCUT2D eigenvalue weighted by molar-refractivity contribution is -0.919. The van der Waals surface area contributed by atoms with Crippen molar-refractivity contribution < 1.29 is 19.4 Å². The lowest BCUT2D eigenvalue weighted by atomic mass is 9.89. The molecule has 0 radical (unpaired) electrons. The molecule has 2 N–H and O–H groups in total. The first-order valence-electron chi connectivity index (χ1n) is 9.99. The Bertz CT molecular complexity index is 848. The molecule has 7 nitrogen and oxygen atoms in total. The minimum absolute atomic E-state index is 0.0704. The summed E-state index contributed by atoms with van der Waals surface area (Å²) in [5.74, 6) is 0.844. The molecule has 1 amide bonds. The van der Waals surface area contributed by atoms with Crippen molar-refractivity contribution in [3.05, 3.63) is 64.2 Å². The standard InChI is InChI=1S/C22H27N3O4/c1-16(22(26)23-20-9-8-19(25(27)28)15-21(20)29-2)24-12-10-18(11-13-24)14-17-6-4-3-5-7-17/h3-9,15-16,18H,10-14H2,1-2H3,(H,23,26)/p+1/t16-/m1/s1. The number of carbonyl (C=O) groups is 1. The van der Waals surface area contributed by atoms with Gasteiger partial charge in [-0.3, -0.25) is 14.9 Å². The van der Waals surface area contributed by atoms with E-state index in [2.05, 4.69) is 29.6 Å². The van der Waals surface area contributed by atoms with Crippen molar-refractivity contribution in [3.63, 3.8) is 0 Å². The Morgan fingerprint density at radius 3 is 2.55 bits per heavy atom. The van der Waals surface area contributed by atoms with Gasteiger partial charge in [0.05, 0.1) is 36.9 Å². The van der Waals surface area contributed by atoms with Gasteiger partial charge >= 0.3 is 0 Å². The van der Waals surface area contributed by atoms with Gasteiger partial charge in [0.25, 0.3) is 11.6 Å². The summed E-state index contributed by atoms with van der Waals surface area (Å²) in [5, 5.41) is 13.8. The minimum atomic E-state index is -0.486. The fourth-order valence-electron chi connectivity index (χ4n) is 3.96. The number of methoxy groups -OCH3 is 1. The molecule has 1 heterocycles. The largest absolute Gasteiger partial charge is 0.494 e. The molecule has 3 rings (SSSR count). The number of rotatable bonds is 7. The zero-order chi connectivity index (χ0) is 20.8. The number of hydrogen-bond acceptors (Lipinski definition) is 4. The molecule has 0 saturated carbocycles. The second-order valence-electron chi connectivity index (χ2n) is 7.64. The molecule has 2 aromatic carbocycles. The van der Waals surface area contributed by atoms with Gasteiger partial charge in [0.1, 0.15) is 5.75 Å². The second kappa shape index (κ2) is 9.52. The van der Waals surface area contributed by atoms with E-state index in [1.54, 1.807) is 0 Å². The Kier molecular flexibility index (Phi) is 6.82. The number of benzene rings is 2. The topological polar surface area (TPSA) is 85.9 Å². The SMILES string of the molecule is COc1cc([N+](=O)[O-])ccc1NC(=O)[C@@H](C)[NH+]1CCC(Cc2ccccc2)CC1. The number of likely N-dealkylation sites (tertiary alicyclic amines) is 1. The Morgan fingerprint density at radius 1 is 1.24 bits per heavy atom. The van der Waals surface area contributed by atoms with Crippen LogP contribution >= 0.6 is 0 Å². The predicted molar refractivity (Wildman–Crippen MR) is 111 cm³/mol. The van der Waals surface area contributed by atoms with E-state index in [4.69, 9.17) is 4.74 Å². The first-order chi connectivity index (χ1) is 14.0. The second-order valence-corrected chi connectivity index (χ2v) is 7.64. The van der Waals surface area contributed by atoms with Crippen LogP contribution in [0.25, 0.3) is 0 Å². The van der Waals surface area contributed by atoms with Crippen molar-refractivity contribution in [2.75, 3.05) is 25.5 Å². The smallest absolute Gasteiger partial charge is 0.282 e. The number of carbonyl (C=O) groups excluding carboxylic acids is 1. The molecule has 1 aliphatic heterocycles. The van der Waals surface area contributed by atoms with E-state index in [-0.39, 0.29) is 23.4 Å². The average molecular weight is 398 g/mol. The van der Waals surface area contributed by atoms with E-state index in [9.17, 15) is 14.9 Å². The number of nitrogens with one attached hydrogen (secondary N) is 2. The van der Waals surface area contributed by atoms with Crippen molar-refractivity contribution in [1.82, 2.24) is 0 Å². The number of amides is 1. The van der Waals surface area contributed by atoms with Crippen LogP contribution in [-0.4, -0.2) is 37.1 Å². The normalized spacial score (nSPS) is 19.9. The zero-order valence-electron chi connectivity index (χ0n) is 16.9. The van der Waals surface area contributed by atoms with Gasteiger partial charge < -0.3 is 15.0 Å². The van der Waals surface area contributed by atoms with Gasteiger partial charge in [-0.05, 0) is 43.7 Å². The highest BCUT2D eigenvalue weighted by Gasteiger charge is 2.30. The molecule has 1 saturated heterocycles. The Hall–Kier alpha value is -2.93. The first-order valence-corrected chi connectivity index (χ1v) is 9.99. The summed E-state index contributed by atoms with van der Waals surface area (Å²) >= 11 is 0. The van der Waals surface area contributed by atoms with E-state index in [1.807, 2.05) is 13.0 Å². The predicted octanol–water partition coefficient (Wildman–Crippen LogP) is 2.47. The molecular weight excluding hydrogens is 370 g/mol. The van der Waals surface area contributed by atoms with Crippen LogP contribution in [-0.2, 0) is 11.2 Å². The number of ether oxygens (including phenoxy) is 1. The third-order valence-corrected chi connectivity index (χ3v) is 5.77. The highest BCUT2D eigenvalue weighted by Crippen LogP contribution is 2.29. The van der Waals surface area contributed by atoms with Crippen molar-refractivity contribution >= 4 is 17.3 Å². The van der Waals surface area contributed by atoms with E-state index < -0.39 is 4.92 Å². The van der Waals surface area contributed by atoms with E-state index in [0.29, 0.717) is 11.6 Å². The molecule has 0 aliphatic carbocycles. The number of hydrogen-bond donors (Lipinski definition) is 2. The van der Waals surface area contributed by atoms with Crippen molar-refractivity contribution in [1.29, 1.82) is 0 Å². The van der Waals surface area contributed by atoms with Gasteiger partial charge in [0.2, 0.25) is 0 Å². The van der Waals surface area contributed by atoms with Gasteiger partial charge in [-0.2, -0.15) is 0 Å². The number of nitro groups is 1. The van der Waals surface area contributed by atoms with Gasteiger partial charge in [0.15, 0.2) is 6.04 Å². The maximum absolute atomic E-state index is 12.7. The maximum Gasteiger partial charge on any atom is 0.282 e. The molecule has 0 unspecified atom stereocenters. The Balaban J connectivity index is 1.55. The molecule has 1 aliphatic rings. The van der Waals surface area contributed by atoms with Crippen molar-refractivity contribution in [2.45, 2.75) is 32.2 Å². The summed E-state index contributed by atoms with van der Waals surface area (Å²) in [7, 11) is 1.43. The van der Waals surface area contributed by atoms with Gasteiger partial charge in [-0.25, -0.2) is 0 Å². The Labute approximate surface area is 170 Å². The van der Waals surface area contributed by atoms with Crippen molar-refractivity contribution in [3.8, 4) is 5.75 Å². The van der Waals surface area contributed by atoms with Crippen LogP contribution in [0.1, 0.15) is 25.3 Å². The summed E-state index contributed by atoms with van der Waals surface area (Å²) in [4.78, 5) is 24.5. The number of nitro benzene ring substituents is 1. The minimum Gasteiger partial charge on any atom is -0.494 e. The van der Waals surface area contributed by atoms with Crippen LogP contribution in [0.4, 0.5) is 11.4 Å². The number of non-ortho nitro benzene ring substituents is 1. The van der Waals surface area contributed by atoms with E-state index in [1.165, 1.54) is 35.8 Å². The van der Waals surface area contributed by atoms with Crippen LogP contribution in [0.15, 0.2) is 48.5 Å². The third-order valence-electron chi connectivity index (χ3n) is 5.77. The summed E-state index contributed by atoms with van der Waals surface area (Å²) in [6.07, 6.45) is 3.29. The highest BCUT2D eigenvalue weighted by molar-refractivity contribution is 5.95. The molecule has 0 bridgehead atoms. The van der Waals surface area contributed by atoms with Crippen molar-refractivity contribution in [2.24, 2.45) is 5.92 Å². The lowest BCUT2D eigenvalue weighted by Gasteiger charge is -2.32. The fourth-order valence-corrected chi connectivity index (χ4v) is 3.96. The number of anilines is 1. The van der Waals surface area contributed by atoms with Crippen LogP contribution in [0.3, 0.4) is 0 Å². The maximum atomic E-state index is 12.7. The third kappa shape index (κ3) is 5.32. The van der Waals surface area contributed by atoms with Crippen LogP contribution in [0, 0.1) is 16.0 Å². The molecule has 1 fully saturated rings. The number of nitrogens with zero attached hydrogens (tertiary/aromatic N) is 1. The van der Waals surface area contributed by atoms with E-state index >= 15 is 0 Å². The molecular formula is C22H28N3O4+. The van der Waals surface area contributed by atoms with Gasteiger partial charge in [0, 0.05) is 6.07 Å². The van der Waals surface area contributed by atoms with Crippen LogP contribution in [0.5, 0.6) is 5.75 Å². The number of piperidine rings is 1. The zero-order valence-corrected chi connectivity index (χ0v) is 16.9. The summed E-state index contributed by atoms with van der Waals surface area (Å²) in [5.41, 5.74) is 1.75. The summed E-state index contributed by atoms with van der Waals surface area (Å²) in [6.45, 7) is 3.85. The molecule has 154 valence electrons. The van der Waals surface area contributed by atoms with Gasteiger partial charge in [-0.15, -0.1) is 0 Å². The average Bonchev–Trinajstić information content (AvgIpc) is 2.74. The first kappa shape index (κ1) is 20.8. The molecule has 1 atom stereocenters. The fraction of sp³-hybridized carbons (Fsp3) is 0.409. The quantitative estimate of drug-likeness (QED) is 0.554. The van der Waals surface area contributed by atoms with Crippen LogP contribution < -0.4 is 15.0 Å².